The lowest BCUT2D eigenvalue weighted by Crippen LogP contribution is -2.44. The lowest BCUT2D eigenvalue weighted by molar-refractivity contribution is 0.534. The van der Waals surface area contributed by atoms with Gasteiger partial charge in [-0.25, -0.2) is 8.42 Å². The molecular weight excluding hydrogens is 322 g/mol. The fourth-order valence-corrected chi connectivity index (χ4v) is 3.96. The van der Waals surface area contributed by atoms with E-state index in [1.807, 2.05) is 6.92 Å². The maximum atomic E-state index is 11.3. The number of guanidine groups is 1. The van der Waals surface area contributed by atoms with Crippen molar-refractivity contribution in [2.75, 3.05) is 25.6 Å². The molecule has 0 saturated heterocycles. The summed E-state index contributed by atoms with van der Waals surface area (Å²) >= 11 is 0. The van der Waals surface area contributed by atoms with Gasteiger partial charge in [-0.3, -0.25) is 4.99 Å². The van der Waals surface area contributed by atoms with Crippen molar-refractivity contribution in [2.24, 2.45) is 4.99 Å². The molecule has 2 unspecified atom stereocenters. The number of benzene rings is 1. The second-order valence-corrected chi connectivity index (χ2v) is 8.96. The topological polar surface area (TPSA) is 70.6 Å². The third-order valence-electron chi connectivity index (χ3n) is 4.54. The van der Waals surface area contributed by atoms with Crippen LogP contribution < -0.4 is 10.6 Å². The Morgan fingerprint density at radius 3 is 2.83 bits per heavy atom. The summed E-state index contributed by atoms with van der Waals surface area (Å²) in [6.07, 6.45) is 5.42. The maximum absolute atomic E-state index is 11.3. The Balaban J connectivity index is 1.86. The van der Waals surface area contributed by atoms with Gasteiger partial charge in [-0.1, -0.05) is 24.3 Å². The third kappa shape index (κ3) is 5.82. The number of fused-ring (bicyclic) bond motifs is 1. The van der Waals surface area contributed by atoms with E-state index in [-0.39, 0.29) is 11.8 Å². The first-order valence-electron chi connectivity index (χ1n) is 8.61. The molecule has 0 aromatic heterocycles. The van der Waals surface area contributed by atoms with Gasteiger partial charge in [0.2, 0.25) is 0 Å². The van der Waals surface area contributed by atoms with Gasteiger partial charge in [0, 0.05) is 31.8 Å². The summed E-state index contributed by atoms with van der Waals surface area (Å²) < 4.78 is 22.5. The van der Waals surface area contributed by atoms with Gasteiger partial charge in [0.15, 0.2) is 5.96 Å². The van der Waals surface area contributed by atoms with E-state index in [0.29, 0.717) is 12.3 Å². The third-order valence-corrected chi connectivity index (χ3v) is 5.52. The average Bonchev–Trinajstić information content (AvgIpc) is 2.56. The first-order valence-corrected chi connectivity index (χ1v) is 10.7. The van der Waals surface area contributed by atoms with Crippen molar-refractivity contribution in [1.82, 2.24) is 10.6 Å². The molecule has 1 aromatic rings. The summed E-state index contributed by atoms with van der Waals surface area (Å²) in [7, 11) is -1.18. The van der Waals surface area contributed by atoms with Gasteiger partial charge < -0.3 is 10.6 Å². The van der Waals surface area contributed by atoms with Crippen LogP contribution in [0.25, 0.3) is 0 Å². The second kappa shape index (κ2) is 8.51. The summed E-state index contributed by atoms with van der Waals surface area (Å²) in [5.41, 5.74) is 2.90. The first-order chi connectivity index (χ1) is 11.4. The van der Waals surface area contributed by atoms with Crippen LogP contribution in [0.3, 0.4) is 0 Å². The zero-order valence-electron chi connectivity index (χ0n) is 14.9. The van der Waals surface area contributed by atoms with Gasteiger partial charge in [0.05, 0.1) is 5.75 Å². The highest BCUT2D eigenvalue weighted by atomic mass is 32.2. The van der Waals surface area contributed by atoms with E-state index in [4.69, 9.17) is 0 Å². The zero-order valence-corrected chi connectivity index (χ0v) is 15.7. The molecule has 2 atom stereocenters. The van der Waals surface area contributed by atoms with Crippen LogP contribution in [0.15, 0.2) is 29.3 Å². The molecule has 0 aliphatic heterocycles. The minimum atomic E-state index is -2.92. The molecule has 2 N–H and O–H groups in total. The minimum absolute atomic E-state index is 0.0598. The molecule has 0 fully saturated rings. The standard InChI is InChI=1S/C18H29N3O2S/c1-14(11-12-24(3,22)23)21-18(19-2)20-13-16-9-6-8-15-7-4-5-10-17(15)16/h4-5,7,10,14,16H,6,8-9,11-13H2,1-3H3,(H2,19,20,21). The van der Waals surface area contributed by atoms with E-state index in [0.717, 1.165) is 12.5 Å². The van der Waals surface area contributed by atoms with Crippen molar-refractivity contribution < 1.29 is 8.42 Å². The minimum Gasteiger partial charge on any atom is -0.356 e. The van der Waals surface area contributed by atoms with Gasteiger partial charge in [-0.05, 0) is 43.7 Å². The van der Waals surface area contributed by atoms with Crippen LogP contribution in [0.2, 0.25) is 0 Å². The molecule has 2 rings (SSSR count). The van der Waals surface area contributed by atoms with Gasteiger partial charge in [-0.2, -0.15) is 0 Å². The Labute approximate surface area is 145 Å². The van der Waals surface area contributed by atoms with Crippen LogP contribution in [-0.2, 0) is 16.3 Å². The Morgan fingerprint density at radius 1 is 1.38 bits per heavy atom. The Morgan fingerprint density at radius 2 is 2.12 bits per heavy atom. The predicted molar refractivity (Wildman–Crippen MR) is 100 cm³/mol. The van der Waals surface area contributed by atoms with E-state index < -0.39 is 9.84 Å². The number of rotatable bonds is 6. The molecular formula is C18H29N3O2S. The van der Waals surface area contributed by atoms with Crippen LogP contribution in [0, 0.1) is 0 Å². The number of aliphatic imine (C=N–C) groups is 1. The lowest BCUT2D eigenvalue weighted by atomic mass is 9.83. The highest BCUT2D eigenvalue weighted by Crippen LogP contribution is 2.30. The predicted octanol–water partition coefficient (Wildman–Crippen LogP) is 2.09. The summed E-state index contributed by atoms with van der Waals surface area (Å²) in [5.74, 6) is 1.42. The Bertz CT molecular complexity index is 671. The number of hydrogen-bond donors (Lipinski definition) is 2. The van der Waals surface area contributed by atoms with E-state index >= 15 is 0 Å². The van der Waals surface area contributed by atoms with Crippen molar-refractivity contribution in [1.29, 1.82) is 0 Å². The molecule has 0 amide bonds. The molecule has 1 aliphatic rings. The van der Waals surface area contributed by atoms with Gasteiger partial charge in [-0.15, -0.1) is 0 Å². The first kappa shape index (κ1) is 18.8. The fourth-order valence-electron chi connectivity index (χ4n) is 3.18. The van der Waals surface area contributed by atoms with Gasteiger partial charge in [0.1, 0.15) is 9.84 Å². The van der Waals surface area contributed by atoms with E-state index in [9.17, 15) is 8.42 Å². The summed E-state index contributed by atoms with van der Waals surface area (Å²) in [6, 6.07) is 8.73. The highest BCUT2D eigenvalue weighted by Gasteiger charge is 2.20. The second-order valence-electron chi connectivity index (χ2n) is 6.71. The van der Waals surface area contributed by atoms with Gasteiger partial charge in [0.25, 0.3) is 0 Å². The van der Waals surface area contributed by atoms with E-state index in [2.05, 4.69) is 39.9 Å². The number of sulfone groups is 1. The average molecular weight is 352 g/mol. The van der Waals surface area contributed by atoms with Crippen LogP contribution >= 0.6 is 0 Å². The van der Waals surface area contributed by atoms with E-state index in [1.54, 1.807) is 7.05 Å². The smallest absolute Gasteiger partial charge is 0.191 e. The van der Waals surface area contributed by atoms with Crippen molar-refractivity contribution in [3.8, 4) is 0 Å². The fraction of sp³-hybridized carbons (Fsp3) is 0.611. The number of aryl methyl sites for hydroxylation is 1. The molecule has 0 saturated carbocycles. The van der Waals surface area contributed by atoms with Crippen LogP contribution in [0.1, 0.15) is 43.2 Å². The number of nitrogens with one attached hydrogen (secondary N) is 2. The molecule has 0 bridgehead atoms. The Hall–Kier alpha value is -1.56. The molecule has 1 aromatic carbocycles. The molecule has 134 valence electrons. The van der Waals surface area contributed by atoms with Gasteiger partial charge >= 0.3 is 0 Å². The normalized spacial score (nSPS) is 19.5. The van der Waals surface area contributed by atoms with Crippen molar-refractivity contribution in [3.63, 3.8) is 0 Å². The van der Waals surface area contributed by atoms with Crippen molar-refractivity contribution >= 4 is 15.8 Å². The maximum Gasteiger partial charge on any atom is 0.191 e. The quantitative estimate of drug-likeness (QED) is 0.608. The number of nitrogens with zero attached hydrogens (tertiary/aromatic N) is 1. The molecule has 0 heterocycles. The monoisotopic (exact) mass is 351 g/mol. The molecule has 5 nitrogen and oxygen atoms in total. The highest BCUT2D eigenvalue weighted by molar-refractivity contribution is 7.90. The number of hydrogen-bond acceptors (Lipinski definition) is 3. The molecule has 1 aliphatic carbocycles. The van der Waals surface area contributed by atoms with Crippen molar-refractivity contribution in [3.05, 3.63) is 35.4 Å². The molecule has 0 radical (unpaired) electrons. The van der Waals surface area contributed by atoms with E-state index in [1.165, 1.54) is 36.6 Å². The summed E-state index contributed by atoms with van der Waals surface area (Å²) in [6.45, 7) is 2.82. The lowest BCUT2D eigenvalue weighted by Gasteiger charge is -2.27. The molecule has 0 spiro atoms. The SMILES string of the molecule is CN=C(NCC1CCCc2ccccc21)NC(C)CCS(C)(=O)=O. The molecule has 24 heavy (non-hydrogen) atoms. The van der Waals surface area contributed by atoms with Crippen molar-refractivity contribution in [2.45, 2.75) is 44.6 Å². The Kier molecular flexibility index (Phi) is 6.66. The van der Waals surface area contributed by atoms with Crippen LogP contribution in [-0.4, -0.2) is 46.0 Å². The zero-order chi connectivity index (χ0) is 17.6. The van der Waals surface area contributed by atoms with Crippen LogP contribution in [0.4, 0.5) is 0 Å². The summed E-state index contributed by atoms with van der Waals surface area (Å²) in [4.78, 5) is 4.26. The molecule has 6 heteroatoms. The summed E-state index contributed by atoms with van der Waals surface area (Å²) in [5, 5.41) is 6.67. The largest absolute Gasteiger partial charge is 0.356 e. The van der Waals surface area contributed by atoms with Crippen LogP contribution in [0.5, 0.6) is 0 Å².